The van der Waals surface area contributed by atoms with Crippen LogP contribution in [0.4, 0.5) is 0 Å². The van der Waals surface area contributed by atoms with E-state index in [1.807, 2.05) is 12.1 Å². The number of halogens is 2. The van der Waals surface area contributed by atoms with Crippen molar-refractivity contribution < 1.29 is 0 Å². The van der Waals surface area contributed by atoms with E-state index >= 15 is 0 Å². The molecule has 0 bridgehead atoms. The predicted molar refractivity (Wildman–Crippen MR) is 83.1 cm³/mol. The third-order valence-electron chi connectivity index (χ3n) is 4.27. The Balaban J connectivity index is 2.80. The Kier molecular flexibility index (Phi) is 4.42. The Hall–Kier alpha value is -0.730. The van der Waals surface area contributed by atoms with Gasteiger partial charge in [-0.2, -0.15) is 0 Å². The van der Waals surface area contributed by atoms with E-state index in [0.29, 0.717) is 10.9 Å². The van der Waals surface area contributed by atoms with Crippen molar-refractivity contribution in [1.29, 1.82) is 0 Å². The van der Waals surface area contributed by atoms with E-state index in [-0.39, 0.29) is 5.54 Å². The molecule has 1 aromatic heterocycles. The summed E-state index contributed by atoms with van der Waals surface area (Å²) in [4.78, 5) is 4.64. The van der Waals surface area contributed by atoms with Gasteiger partial charge in [-0.25, -0.2) is 4.98 Å². The van der Waals surface area contributed by atoms with Crippen molar-refractivity contribution in [3.8, 4) is 0 Å². The third-order valence-corrected chi connectivity index (χ3v) is 4.82. The zero-order valence-corrected chi connectivity index (χ0v) is 13.2. The molecule has 0 N–H and O–H groups in total. The van der Waals surface area contributed by atoms with Crippen LogP contribution in [0.3, 0.4) is 0 Å². The van der Waals surface area contributed by atoms with Crippen LogP contribution in [-0.2, 0) is 11.4 Å². The number of imidazole rings is 1. The standard InChI is InChI=1S/C15H20Cl2N2/c1-4-15(5-2,6-3)19-12-9-7-8-11(17)14(12)18-13(19)10-16/h7-9H,4-6,10H2,1-3H3. The summed E-state index contributed by atoms with van der Waals surface area (Å²) in [6, 6.07) is 5.94. The molecule has 0 radical (unpaired) electrons. The lowest BCUT2D eigenvalue weighted by molar-refractivity contribution is 0.253. The summed E-state index contributed by atoms with van der Waals surface area (Å²) in [5.41, 5.74) is 2.03. The number of hydrogen-bond donors (Lipinski definition) is 0. The number of para-hydroxylation sites is 1. The molecule has 0 aliphatic heterocycles. The molecule has 0 atom stereocenters. The van der Waals surface area contributed by atoms with Crippen molar-refractivity contribution in [2.45, 2.75) is 51.5 Å². The largest absolute Gasteiger partial charge is 0.321 e. The number of nitrogens with zero attached hydrogens (tertiary/aromatic N) is 2. The van der Waals surface area contributed by atoms with Crippen molar-refractivity contribution >= 4 is 34.2 Å². The first-order valence-electron chi connectivity index (χ1n) is 6.85. The maximum Gasteiger partial charge on any atom is 0.125 e. The molecular weight excluding hydrogens is 279 g/mol. The second-order valence-corrected chi connectivity index (χ2v) is 5.56. The van der Waals surface area contributed by atoms with E-state index in [0.717, 1.165) is 36.1 Å². The van der Waals surface area contributed by atoms with Crippen molar-refractivity contribution in [3.63, 3.8) is 0 Å². The van der Waals surface area contributed by atoms with Gasteiger partial charge in [0, 0.05) is 5.54 Å². The lowest BCUT2D eigenvalue weighted by Gasteiger charge is -2.34. The maximum atomic E-state index is 6.26. The summed E-state index contributed by atoms with van der Waals surface area (Å²) in [7, 11) is 0. The molecule has 19 heavy (non-hydrogen) atoms. The van der Waals surface area contributed by atoms with Crippen LogP contribution < -0.4 is 0 Å². The zero-order chi connectivity index (χ0) is 14.0. The molecule has 0 aliphatic carbocycles. The Morgan fingerprint density at radius 3 is 2.32 bits per heavy atom. The lowest BCUT2D eigenvalue weighted by atomic mass is 9.89. The van der Waals surface area contributed by atoms with E-state index < -0.39 is 0 Å². The highest BCUT2D eigenvalue weighted by molar-refractivity contribution is 6.35. The molecule has 1 aromatic carbocycles. The maximum absolute atomic E-state index is 6.26. The van der Waals surface area contributed by atoms with Crippen LogP contribution in [0.15, 0.2) is 18.2 Å². The van der Waals surface area contributed by atoms with Gasteiger partial charge in [-0.1, -0.05) is 38.4 Å². The summed E-state index contributed by atoms with van der Waals surface area (Å²) in [6.45, 7) is 6.67. The summed E-state index contributed by atoms with van der Waals surface area (Å²) in [5, 5.41) is 0.694. The Bertz CT molecular complexity index is 563. The van der Waals surface area contributed by atoms with Crippen LogP contribution in [-0.4, -0.2) is 9.55 Å². The molecular formula is C15H20Cl2N2. The van der Waals surface area contributed by atoms with Crippen LogP contribution in [0.5, 0.6) is 0 Å². The molecule has 2 aromatic rings. The van der Waals surface area contributed by atoms with E-state index in [9.17, 15) is 0 Å². The molecule has 0 unspecified atom stereocenters. The van der Waals surface area contributed by atoms with Gasteiger partial charge in [0.05, 0.1) is 16.4 Å². The molecule has 2 nitrogen and oxygen atoms in total. The minimum Gasteiger partial charge on any atom is -0.321 e. The minimum absolute atomic E-state index is 0.0731. The molecule has 0 fully saturated rings. The van der Waals surface area contributed by atoms with E-state index in [4.69, 9.17) is 23.2 Å². The highest BCUT2D eigenvalue weighted by Crippen LogP contribution is 2.36. The number of hydrogen-bond acceptors (Lipinski definition) is 1. The minimum atomic E-state index is 0.0731. The second-order valence-electron chi connectivity index (χ2n) is 4.89. The van der Waals surface area contributed by atoms with Crippen molar-refractivity contribution in [3.05, 3.63) is 29.0 Å². The molecule has 1 heterocycles. The average molecular weight is 299 g/mol. The van der Waals surface area contributed by atoms with Crippen molar-refractivity contribution in [2.75, 3.05) is 0 Å². The first kappa shape index (κ1) is 14.7. The number of rotatable bonds is 5. The van der Waals surface area contributed by atoms with Gasteiger partial charge in [0.15, 0.2) is 0 Å². The number of aromatic nitrogens is 2. The molecule has 4 heteroatoms. The summed E-state index contributed by atoms with van der Waals surface area (Å²) in [6.07, 6.45) is 3.17. The molecule has 0 spiro atoms. The monoisotopic (exact) mass is 298 g/mol. The fourth-order valence-corrected chi connectivity index (χ4v) is 3.35. The van der Waals surface area contributed by atoms with Crippen LogP contribution in [0.1, 0.15) is 45.9 Å². The highest BCUT2D eigenvalue weighted by Gasteiger charge is 2.30. The summed E-state index contributed by atoms with van der Waals surface area (Å²) in [5.74, 6) is 1.32. The van der Waals surface area contributed by atoms with E-state index in [1.54, 1.807) is 0 Å². The Labute approximate surface area is 124 Å². The van der Waals surface area contributed by atoms with Crippen LogP contribution in [0.25, 0.3) is 11.0 Å². The zero-order valence-electron chi connectivity index (χ0n) is 11.7. The predicted octanol–water partition coefficient (Wildman–Crippen LogP) is 5.35. The normalized spacial score (nSPS) is 12.3. The van der Waals surface area contributed by atoms with E-state index in [2.05, 4.69) is 36.4 Å². The van der Waals surface area contributed by atoms with Crippen molar-refractivity contribution in [2.24, 2.45) is 0 Å². The van der Waals surface area contributed by atoms with Crippen molar-refractivity contribution in [1.82, 2.24) is 9.55 Å². The number of fused-ring (bicyclic) bond motifs is 1. The Morgan fingerprint density at radius 2 is 1.79 bits per heavy atom. The molecule has 0 amide bonds. The van der Waals surface area contributed by atoms with Gasteiger partial charge >= 0.3 is 0 Å². The van der Waals surface area contributed by atoms with Gasteiger partial charge in [0.2, 0.25) is 0 Å². The topological polar surface area (TPSA) is 17.8 Å². The molecule has 104 valence electrons. The fraction of sp³-hybridized carbons (Fsp3) is 0.533. The van der Waals surface area contributed by atoms with Crippen LogP contribution >= 0.6 is 23.2 Å². The Morgan fingerprint density at radius 1 is 1.16 bits per heavy atom. The first-order chi connectivity index (χ1) is 9.13. The van der Waals surface area contributed by atoms with Gasteiger partial charge in [-0.3, -0.25) is 0 Å². The van der Waals surface area contributed by atoms with Crippen LogP contribution in [0, 0.1) is 0 Å². The molecule has 0 saturated heterocycles. The lowest BCUT2D eigenvalue weighted by Crippen LogP contribution is -2.32. The first-order valence-corrected chi connectivity index (χ1v) is 7.77. The third kappa shape index (κ3) is 2.25. The average Bonchev–Trinajstić information content (AvgIpc) is 2.83. The quantitative estimate of drug-likeness (QED) is 0.680. The SMILES string of the molecule is CCC(CC)(CC)n1c(CCl)nc2c(Cl)cccc21. The van der Waals surface area contributed by atoms with Gasteiger partial charge in [0.1, 0.15) is 11.3 Å². The fourth-order valence-electron chi connectivity index (χ4n) is 2.96. The number of alkyl halides is 1. The second kappa shape index (κ2) is 5.72. The summed E-state index contributed by atoms with van der Waals surface area (Å²) < 4.78 is 2.31. The van der Waals surface area contributed by atoms with Gasteiger partial charge < -0.3 is 4.57 Å². The van der Waals surface area contributed by atoms with Gasteiger partial charge in [-0.15, -0.1) is 11.6 Å². The van der Waals surface area contributed by atoms with Gasteiger partial charge in [0.25, 0.3) is 0 Å². The summed E-state index contributed by atoms with van der Waals surface area (Å²) >= 11 is 12.4. The van der Waals surface area contributed by atoms with E-state index in [1.165, 1.54) is 0 Å². The smallest absolute Gasteiger partial charge is 0.125 e. The number of benzene rings is 1. The van der Waals surface area contributed by atoms with Gasteiger partial charge in [-0.05, 0) is 31.4 Å². The van der Waals surface area contributed by atoms with Crippen LogP contribution in [0.2, 0.25) is 5.02 Å². The molecule has 0 saturated carbocycles. The molecule has 0 aliphatic rings. The highest BCUT2D eigenvalue weighted by atomic mass is 35.5. The molecule has 2 rings (SSSR count).